The lowest BCUT2D eigenvalue weighted by atomic mass is 10.1. The van der Waals surface area contributed by atoms with Crippen molar-refractivity contribution >= 4 is 32.7 Å². The number of hydrogen-bond donors (Lipinski definition) is 0. The maximum absolute atomic E-state index is 4.70. The first-order valence-corrected chi connectivity index (χ1v) is 11.4. The number of benzene rings is 4. The van der Waals surface area contributed by atoms with E-state index in [0.29, 0.717) is 0 Å². The fourth-order valence-electron chi connectivity index (χ4n) is 4.92. The summed E-state index contributed by atoms with van der Waals surface area (Å²) >= 11 is 0. The SMILES string of the molecule is c1ccc(-c2ccc(-n3c4ccccc4c4ccc5ccn(-c6ccccc6)c5c43)nn2)cc1. The van der Waals surface area contributed by atoms with Gasteiger partial charge in [0.05, 0.1) is 22.2 Å². The molecule has 3 heterocycles. The molecule has 0 spiro atoms. The van der Waals surface area contributed by atoms with Crippen LogP contribution in [0.2, 0.25) is 0 Å². The molecule has 4 aromatic carbocycles. The van der Waals surface area contributed by atoms with Gasteiger partial charge >= 0.3 is 0 Å². The molecule has 3 aromatic heterocycles. The fraction of sp³-hybridized carbons (Fsp3) is 0. The number of hydrogen-bond acceptors (Lipinski definition) is 2. The summed E-state index contributed by atoms with van der Waals surface area (Å²) in [5.41, 5.74) is 6.47. The zero-order valence-corrected chi connectivity index (χ0v) is 18.3. The summed E-state index contributed by atoms with van der Waals surface area (Å²) in [5, 5.41) is 12.9. The molecule has 0 unspecified atom stereocenters. The summed E-state index contributed by atoms with van der Waals surface area (Å²) in [6, 6.07) is 39.9. The molecule has 0 saturated carbocycles. The first-order chi connectivity index (χ1) is 16.9. The van der Waals surface area contributed by atoms with Crippen LogP contribution >= 0.6 is 0 Å². The summed E-state index contributed by atoms with van der Waals surface area (Å²) in [6.07, 6.45) is 2.14. The molecule has 0 aliphatic carbocycles. The Bertz CT molecular complexity index is 1780. The minimum Gasteiger partial charge on any atom is -0.315 e. The van der Waals surface area contributed by atoms with Crippen molar-refractivity contribution in [3.63, 3.8) is 0 Å². The molecular formula is C30H20N4. The highest BCUT2D eigenvalue weighted by Crippen LogP contribution is 2.37. The van der Waals surface area contributed by atoms with Gasteiger partial charge in [-0.15, -0.1) is 10.2 Å². The van der Waals surface area contributed by atoms with Crippen LogP contribution in [0.5, 0.6) is 0 Å². The lowest BCUT2D eigenvalue weighted by molar-refractivity contribution is 0.957. The number of rotatable bonds is 3. The van der Waals surface area contributed by atoms with Crippen LogP contribution in [-0.4, -0.2) is 19.3 Å². The highest BCUT2D eigenvalue weighted by molar-refractivity contribution is 6.18. The zero-order valence-electron chi connectivity index (χ0n) is 18.3. The van der Waals surface area contributed by atoms with Gasteiger partial charge in [-0.1, -0.05) is 78.9 Å². The second-order valence-electron chi connectivity index (χ2n) is 8.42. The number of aromatic nitrogens is 4. The van der Waals surface area contributed by atoms with Gasteiger partial charge in [0.15, 0.2) is 5.82 Å². The molecule has 0 saturated heterocycles. The van der Waals surface area contributed by atoms with Crippen molar-refractivity contribution in [1.82, 2.24) is 19.3 Å². The molecule has 0 radical (unpaired) electrons. The molecule has 0 amide bonds. The van der Waals surface area contributed by atoms with E-state index in [-0.39, 0.29) is 0 Å². The highest BCUT2D eigenvalue weighted by atomic mass is 15.2. The second kappa shape index (κ2) is 7.42. The minimum atomic E-state index is 0.805. The third-order valence-corrected chi connectivity index (χ3v) is 6.47. The monoisotopic (exact) mass is 436 g/mol. The Hall–Kier alpha value is -4.70. The standard InChI is InChI=1S/C30H20N4/c1-3-9-21(10-4-1)26-17-18-28(32-31-26)34-27-14-8-7-13-24(27)25-16-15-22-19-20-33(29(22)30(25)34)23-11-5-2-6-12-23/h1-20H. The van der Waals surface area contributed by atoms with Crippen molar-refractivity contribution in [2.24, 2.45) is 0 Å². The Morgan fingerprint density at radius 1 is 0.529 bits per heavy atom. The predicted octanol–water partition coefficient (Wildman–Crippen LogP) is 7.18. The summed E-state index contributed by atoms with van der Waals surface area (Å²) in [6.45, 7) is 0. The molecule has 0 aliphatic rings. The Kier molecular flexibility index (Phi) is 4.11. The third kappa shape index (κ3) is 2.79. The van der Waals surface area contributed by atoms with E-state index in [0.717, 1.165) is 39.3 Å². The summed E-state index contributed by atoms with van der Waals surface area (Å²) < 4.78 is 4.51. The quantitative estimate of drug-likeness (QED) is 0.294. The molecule has 34 heavy (non-hydrogen) atoms. The molecular weight excluding hydrogens is 416 g/mol. The van der Waals surface area contributed by atoms with E-state index in [1.165, 1.54) is 16.2 Å². The van der Waals surface area contributed by atoms with Gasteiger partial charge in [0.2, 0.25) is 0 Å². The second-order valence-corrected chi connectivity index (χ2v) is 8.42. The lowest BCUT2D eigenvalue weighted by Crippen LogP contribution is -2.01. The summed E-state index contributed by atoms with van der Waals surface area (Å²) in [7, 11) is 0. The van der Waals surface area contributed by atoms with Crippen LogP contribution in [0.4, 0.5) is 0 Å². The van der Waals surface area contributed by atoms with Crippen molar-refractivity contribution < 1.29 is 0 Å². The Morgan fingerprint density at radius 2 is 1.29 bits per heavy atom. The summed E-state index contributed by atoms with van der Waals surface area (Å²) in [4.78, 5) is 0. The molecule has 7 aromatic rings. The average molecular weight is 437 g/mol. The molecule has 7 rings (SSSR count). The first kappa shape index (κ1) is 18.8. The minimum absolute atomic E-state index is 0.805. The van der Waals surface area contributed by atoms with Crippen molar-refractivity contribution in [2.45, 2.75) is 0 Å². The molecule has 160 valence electrons. The van der Waals surface area contributed by atoms with Gasteiger partial charge in [-0.3, -0.25) is 4.57 Å². The topological polar surface area (TPSA) is 35.6 Å². The van der Waals surface area contributed by atoms with Crippen LogP contribution in [0.3, 0.4) is 0 Å². The van der Waals surface area contributed by atoms with Gasteiger partial charge < -0.3 is 4.57 Å². The van der Waals surface area contributed by atoms with Gasteiger partial charge in [-0.2, -0.15) is 0 Å². The van der Waals surface area contributed by atoms with Crippen LogP contribution in [0, 0.1) is 0 Å². The van der Waals surface area contributed by atoms with Crippen molar-refractivity contribution in [2.75, 3.05) is 0 Å². The van der Waals surface area contributed by atoms with Gasteiger partial charge in [0, 0.05) is 33.6 Å². The maximum Gasteiger partial charge on any atom is 0.160 e. The molecule has 0 bridgehead atoms. The van der Waals surface area contributed by atoms with E-state index in [9.17, 15) is 0 Å². The first-order valence-electron chi connectivity index (χ1n) is 11.4. The smallest absolute Gasteiger partial charge is 0.160 e. The van der Waals surface area contributed by atoms with Gasteiger partial charge in [-0.25, -0.2) is 0 Å². The Labute approximate surface area is 196 Å². The molecule has 0 aliphatic heterocycles. The van der Waals surface area contributed by atoms with Crippen LogP contribution < -0.4 is 0 Å². The Balaban J connectivity index is 1.55. The zero-order chi connectivity index (χ0) is 22.5. The third-order valence-electron chi connectivity index (χ3n) is 6.47. The maximum atomic E-state index is 4.70. The predicted molar refractivity (Wildman–Crippen MR) is 139 cm³/mol. The van der Waals surface area contributed by atoms with E-state index in [1.807, 2.05) is 24.3 Å². The van der Waals surface area contributed by atoms with Gasteiger partial charge in [0.25, 0.3) is 0 Å². The fourth-order valence-corrected chi connectivity index (χ4v) is 4.92. The largest absolute Gasteiger partial charge is 0.315 e. The molecule has 4 nitrogen and oxygen atoms in total. The van der Waals surface area contributed by atoms with E-state index in [2.05, 4.69) is 111 Å². The molecule has 4 heteroatoms. The molecule has 0 N–H and O–H groups in total. The summed E-state index contributed by atoms with van der Waals surface area (Å²) in [5.74, 6) is 0.805. The van der Waals surface area contributed by atoms with Crippen LogP contribution in [0.1, 0.15) is 0 Å². The molecule has 0 atom stereocenters. The van der Waals surface area contributed by atoms with Crippen molar-refractivity contribution in [3.8, 4) is 22.8 Å². The number of fused-ring (bicyclic) bond motifs is 5. The average Bonchev–Trinajstić information content (AvgIpc) is 3.49. The van der Waals surface area contributed by atoms with E-state index < -0.39 is 0 Å². The number of para-hydroxylation sites is 2. The van der Waals surface area contributed by atoms with Crippen LogP contribution in [-0.2, 0) is 0 Å². The highest BCUT2D eigenvalue weighted by Gasteiger charge is 2.18. The van der Waals surface area contributed by atoms with Gasteiger partial charge in [0.1, 0.15) is 0 Å². The van der Waals surface area contributed by atoms with E-state index >= 15 is 0 Å². The van der Waals surface area contributed by atoms with Crippen molar-refractivity contribution in [1.29, 1.82) is 0 Å². The van der Waals surface area contributed by atoms with E-state index in [1.54, 1.807) is 0 Å². The van der Waals surface area contributed by atoms with Gasteiger partial charge in [-0.05, 0) is 36.4 Å². The lowest BCUT2D eigenvalue weighted by Gasteiger charge is -2.11. The Morgan fingerprint density at radius 3 is 2.09 bits per heavy atom. The van der Waals surface area contributed by atoms with Crippen LogP contribution in [0.15, 0.2) is 121 Å². The number of nitrogens with zero attached hydrogens (tertiary/aromatic N) is 4. The van der Waals surface area contributed by atoms with Crippen LogP contribution in [0.25, 0.3) is 55.5 Å². The van der Waals surface area contributed by atoms with Crippen molar-refractivity contribution in [3.05, 3.63) is 121 Å². The normalized spacial score (nSPS) is 11.5. The molecule has 0 fully saturated rings. The van der Waals surface area contributed by atoms with E-state index in [4.69, 9.17) is 5.10 Å².